The number of hydrogen-bond acceptors (Lipinski definition) is 1. The van der Waals surface area contributed by atoms with E-state index in [1.54, 1.807) is 6.07 Å². The van der Waals surface area contributed by atoms with Gasteiger partial charge in [0.05, 0.1) is 0 Å². The lowest BCUT2D eigenvalue weighted by atomic mass is 10.0. The van der Waals surface area contributed by atoms with E-state index in [1.165, 1.54) is 18.2 Å². The van der Waals surface area contributed by atoms with Crippen molar-refractivity contribution in [1.82, 2.24) is 4.90 Å². The van der Waals surface area contributed by atoms with Crippen molar-refractivity contribution in [3.05, 3.63) is 48.3 Å². The van der Waals surface area contributed by atoms with Crippen LogP contribution in [-0.4, -0.2) is 23.4 Å². The molecule has 1 saturated heterocycles. The Balaban J connectivity index is 2.07. The van der Waals surface area contributed by atoms with Crippen molar-refractivity contribution in [2.24, 2.45) is 0 Å². The molecule has 1 aliphatic heterocycles. The molecule has 1 atom stereocenters. The van der Waals surface area contributed by atoms with Crippen LogP contribution in [0.1, 0.15) is 18.4 Å². The Morgan fingerprint density at radius 3 is 3.12 bits per heavy atom. The number of halogens is 1. The predicted octanol–water partition coefficient (Wildman–Crippen LogP) is 2.55. The number of carbonyl (C=O) groups excluding carboxylic acids is 1. The minimum atomic E-state index is -0.220. The van der Waals surface area contributed by atoms with Gasteiger partial charge in [-0.25, -0.2) is 4.39 Å². The summed E-state index contributed by atoms with van der Waals surface area (Å²) in [6.45, 7) is 4.29. The molecule has 0 N–H and O–H groups in total. The number of nitrogens with zero attached hydrogens (tertiary/aromatic N) is 1. The van der Waals surface area contributed by atoms with Gasteiger partial charge in [0.1, 0.15) is 5.82 Å². The van der Waals surface area contributed by atoms with Crippen LogP contribution in [0.4, 0.5) is 4.39 Å². The summed E-state index contributed by atoms with van der Waals surface area (Å²) in [5, 5.41) is 0. The van der Waals surface area contributed by atoms with Crippen molar-refractivity contribution in [3.63, 3.8) is 0 Å². The van der Waals surface area contributed by atoms with Gasteiger partial charge in [-0.3, -0.25) is 4.79 Å². The first-order chi connectivity index (χ1) is 8.20. The van der Waals surface area contributed by atoms with Crippen molar-refractivity contribution < 1.29 is 9.18 Å². The molecule has 17 heavy (non-hydrogen) atoms. The van der Waals surface area contributed by atoms with Crippen LogP contribution in [0, 0.1) is 5.82 Å². The highest BCUT2D eigenvalue weighted by molar-refractivity contribution is 5.87. The molecule has 0 saturated carbocycles. The molecule has 2 nitrogen and oxygen atoms in total. The molecule has 0 radical (unpaired) electrons. The fourth-order valence-electron chi connectivity index (χ4n) is 2.39. The maximum absolute atomic E-state index is 13.1. The fraction of sp³-hybridized carbons (Fsp3) is 0.357. The average Bonchev–Trinajstić information content (AvgIpc) is 2.76. The number of rotatable bonds is 3. The van der Waals surface area contributed by atoms with E-state index >= 15 is 0 Å². The SMILES string of the molecule is C=CC(=O)N1CCCC1Cc1cccc(F)c1. The van der Waals surface area contributed by atoms with Gasteiger partial charge in [-0.15, -0.1) is 0 Å². The number of likely N-dealkylation sites (tertiary alicyclic amines) is 1. The summed E-state index contributed by atoms with van der Waals surface area (Å²) in [7, 11) is 0. The molecule has 0 aliphatic carbocycles. The smallest absolute Gasteiger partial charge is 0.246 e. The van der Waals surface area contributed by atoms with Crippen LogP contribution >= 0.6 is 0 Å². The lowest BCUT2D eigenvalue weighted by molar-refractivity contribution is -0.126. The molecular weight excluding hydrogens is 217 g/mol. The Labute approximate surface area is 101 Å². The zero-order chi connectivity index (χ0) is 12.3. The molecule has 0 spiro atoms. The molecule has 1 amide bonds. The van der Waals surface area contributed by atoms with Crippen LogP contribution in [0.3, 0.4) is 0 Å². The normalized spacial score (nSPS) is 19.4. The molecule has 1 aliphatic rings. The molecule has 1 aromatic rings. The van der Waals surface area contributed by atoms with Crippen LogP contribution in [0.5, 0.6) is 0 Å². The van der Waals surface area contributed by atoms with E-state index < -0.39 is 0 Å². The van der Waals surface area contributed by atoms with E-state index in [1.807, 2.05) is 11.0 Å². The van der Waals surface area contributed by atoms with E-state index in [9.17, 15) is 9.18 Å². The van der Waals surface area contributed by atoms with Crippen molar-refractivity contribution in [1.29, 1.82) is 0 Å². The lowest BCUT2D eigenvalue weighted by Crippen LogP contribution is -2.35. The first-order valence-electron chi connectivity index (χ1n) is 5.88. The monoisotopic (exact) mass is 233 g/mol. The largest absolute Gasteiger partial charge is 0.336 e. The lowest BCUT2D eigenvalue weighted by Gasteiger charge is -2.23. The third kappa shape index (κ3) is 2.73. The molecule has 3 heteroatoms. The van der Waals surface area contributed by atoms with Crippen molar-refractivity contribution in [2.75, 3.05) is 6.54 Å². The summed E-state index contributed by atoms with van der Waals surface area (Å²) < 4.78 is 13.1. The van der Waals surface area contributed by atoms with Gasteiger partial charge in [0.2, 0.25) is 5.91 Å². The van der Waals surface area contributed by atoms with Gasteiger partial charge in [0.25, 0.3) is 0 Å². The summed E-state index contributed by atoms with van der Waals surface area (Å²) in [5.74, 6) is -0.244. The highest BCUT2D eigenvalue weighted by atomic mass is 19.1. The van der Waals surface area contributed by atoms with Gasteiger partial charge in [0, 0.05) is 12.6 Å². The predicted molar refractivity (Wildman–Crippen MR) is 65.0 cm³/mol. The highest BCUT2D eigenvalue weighted by Gasteiger charge is 2.27. The van der Waals surface area contributed by atoms with Crippen LogP contribution in [0.2, 0.25) is 0 Å². The first kappa shape index (κ1) is 11.8. The van der Waals surface area contributed by atoms with Gasteiger partial charge in [0.15, 0.2) is 0 Å². The maximum atomic E-state index is 13.1. The van der Waals surface area contributed by atoms with Gasteiger partial charge in [-0.05, 0) is 43.0 Å². The Bertz CT molecular complexity index is 430. The number of hydrogen-bond donors (Lipinski definition) is 0. The van der Waals surface area contributed by atoms with Crippen LogP contribution in [0.25, 0.3) is 0 Å². The second-order valence-corrected chi connectivity index (χ2v) is 4.37. The van der Waals surface area contributed by atoms with E-state index in [0.717, 1.165) is 31.4 Å². The maximum Gasteiger partial charge on any atom is 0.246 e. The van der Waals surface area contributed by atoms with Gasteiger partial charge in [-0.1, -0.05) is 18.7 Å². The molecule has 2 rings (SSSR count). The van der Waals surface area contributed by atoms with Crippen LogP contribution in [-0.2, 0) is 11.2 Å². The highest BCUT2D eigenvalue weighted by Crippen LogP contribution is 2.21. The number of amides is 1. The minimum Gasteiger partial charge on any atom is -0.336 e. The zero-order valence-corrected chi connectivity index (χ0v) is 9.73. The zero-order valence-electron chi connectivity index (χ0n) is 9.73. The van der Waals surface area contributed by atoms with Crippen LogP contribution in [0.15, 0.2) is 36.9 Å². The Kier molecular flexibility index (Phi) is 3.57. The Hall–Kier alpha value is -1.64. The minimum absolute atomic E-state index is 0.0242. The van der Waals surface area contributed by atoms with Gasteiger partial charge < -0.3 is 4.90 Å². The molecule has 1 aromatic carbocycles. The van der Waals surface area contributed by atoms with E-state index in [2.05, 4.69) is 6.58 Å². The number of carbonyl (C=O) groups is 1. The second-order valence-electron chi connectivity index (χ2n) is 4.37. The fourth-order valence-corrected chi connectivity index (χ4v) is 2.39. The summed E-state index contributed by atoms with van der Waals surface area (Å²) >= 11 is 0. The summed E-state index contributed by atoms with van der Waals surface area (Å²) in [4.78, 5) is 13.4. The molecule has 0 aromatic heterocycles. The van der Waals surface area contributed by atoms with E-state index in [4.69, 9.17) is 0 Å². The van der Waals surface area contributed by atoms with Crippen LogP contribution < -0.4 is 0 Å². The standard InChI is InChI=1S/C14H16FNO/c1-2-14(17)16-8-4-7-13(16)10-11-5-3-6-12(15)9-11/h2-3,5-6,9,13H,1,4,7-8,10H2. The molecular formula is C14H16FNO. The second kappa shape index (κ2) is 5.13. The average molecular weight is 233 g/mol. The first-order valence-corrected chi connectivity index (χ1v) is 5.88. The topological polar surface area (TPSA) is 20.3 Å². The van der Waals surface area contributed by atoms with Gasteiger partial charge in [-0.2, -0.15) is 0 Å². The Morgan fingerprint density at radius 2 is 2.41 bits per heavy atom. The summed E-state index contributed by atoms with van der Waals surface area (Å²) in [6.07, 6.45) is 4.07. The van der Waals surface area contributed by atoms with Crippen molar-refractivity contribution >= 4 is 5.91 Å². The van der Waals surface area contributed by atoms with Crippen molar-refractivity contribution in [3.8, 4) is 0 Å². The number of benzene rings is 1. The quantitative estimate of drug-likeness (QED) is 0.735. The third-order valence-corrected chi connectivity index (χ3v) is 3.20. The van der Waals surface area contributed by atoms with Crippen molar-refractivity contribution in [2.45, 2.75) is 25.3 Å². The van der Waals surface area contributed by atoms with E-state index in [-0.39, 0.29) is 17.8 Å². The Morgan fingerprint density at radius 1 is 1.59 bits per heavy atom. The molecule has 1 heterocycles. The molecule has 1 unspecified atom stereocenters. The molecule has 1 fully saturated rings. The van der Waals surface area contributed by atoms with E-state index in [0.29, 0.717) is 0 Å². The summed E-state index contributed by atoms with van der Waals surface area (Å²) in [5.41, 5.74) is 0.943. The molecule has 90 valence electrons. The summed E-state index contributed by atoms with van der Waals surface area (Å²) in [6, 6.07) is 6.76. The third-order valence-electron chi connectivity index (χ3n) is 3.20. The molecule has 0 bridgehead atoms. The van der Waals surface area contributed by atoms with Gasteiger partial charge >= 0.3 is 0 Å².